The van der Waals surface area contributed by atoms with E-state index in [0.29, 0.717) is 22.7 Å². The van der Waals surface area contributed by atoms with Crippen LogP contribution in [0.25, 0.3) is 0 Å². The maximum Gasteiger partial charge on any atom is 0.234 e. The Labute approximate surface area is 172 Å². The van der Waals surface area contributed by atoms with Crippen molar-refractivity contribution in [1.29, 1.82) is 0 Å². The first-order valence-electron chi connectivity index (χ1n) is 8.48. The van der Waals surface area contributed by atoms with E-state index in [1.54, 1.807) is 18.2 Å². The summed E-state index contributed by atoms with van der Waals surface area (Å²) in [5.41, 5.74) is 1.28. The molecule has 1 heterocycles. The molecule has 0 atom stereocenters. The highest BCUT2D eigenvalue weighted by molar-refractivity contribution is 7.99. The number of rotatable bonds is 7. The van der Waals surface area contributed by atoms with Gasteiger partial charge in [-0.2, -0.15) is 0 Å². The lowest BCUT2D eigenvalue weighted by Crippen LogP contribution is -2.18. The van der Waals surface area contributed by atoms with Gasteiger partial charge in [-0.3, -0.25) is 4.79 Å². The summed E-state index contributed by atoms with van der Waals surface area (Å²) in [6.45, 7) is 0.659. The first-order valence-corrected chi connectivity index (χ1v) is 9.84. The summed E-state index contributed by atoms with van der Waals surface area (Å²) in [5.74, 6) is -0.139. The highest BCUT2D eigenvalue weighted by Gasteiger charge is 2.12. The highest BCUT2D eigenvalue weighted by Crippen LogP contribution is 2.23. The van der Waals surface area contributed by atoms with E-state index in [4.69, 9.17) is 11.6 Å². The maximum absolute atomic E-state index is 13.6. The molecule has 0 bridgehead atoms. The minimum atomic E-state index is -0.482. The van der Waals surface area contributed by atoms with Crippen LogP contribution in [0.3, 0.4) is 0 Å². The first-order chi connectivity index (χ1) is 13.5. The van der Waals surface area contributed by atoms with Crippen LogP contribution in [-0.4, -0.2) is 28.7 Å². The lowest BCUT2D eigenvalue weighted by molar-refractivity contribution is -0.113. The molecule has 8 heteroatoms. The molecule has 1 amide bonds. The van der Waals surface area contributed by atoms with Crippen molar-refractivity contribution in [2.24, 2.45) is 0 Å². The average Bonchev–Trinajstić information content (AvgIpc) is 2.68. The summed E-state index contributed by atoms with van der Waals surface area (Å²) in [6.07, 6.45) is 0. The van der Waals surface area contributed by atoms with E-state index in [2.05, 4.69) is 15.3 Å². The van der Waals surface area contributed by atoms with Gasteiger partial charge in [-0.15, -0.1) is 0 Å². The van der Waals surface area contributed by atoms with Gasteiger partial charge in [0.05, 0.1) is 11.4 Å². The zero-order valence-electron chi connectivity index (χ0n) is 15.1. The molecule has 3 aromatic rings. The number of hydrogen-bond donors (Lipinski definition) is 1. The van der Waals surface area contributed by atoms with Crippen molar-refractivity contribution in [3.63, 3.8) is 0 Å². The standard InChI is InChI=1S/C20H18ClFN4OS/c1-26(12-14-7-3-2-4-8-14)18-11-17(21)24-20(25-18)28-13-19(27)23-16-10-6-5-9-15(16)22/h2-11H,12-13H2,1H3,(H,23,27). The quantitative estimate of drug-likeness (QED) is 0.345. The topological polar surface area (TPSA) is 58.1 Å². The molecule has 3 rings (SSSR count). The monoisotopic (exact) mass is 416 g/mol. The maximum atomic E-state index is 13.6. The van der Waals surface area contributed by atoms with Crippen LogP contribution in [0.2, 0.25) is 5.15 Å². The molecule has 0 radical (unpaired) electrons. The van der Waals surface area contributed by atoms with Gasteiger partial charge in [0.25, 0.3) is 0 Å². The third-order valence-electron chi connectivity index (χ3n) is 3.79. The molecule has 28 heavy (non-hydrogen) atoms. The van der Waals surface area contributed by atoms with E-state index < -0.39 is 5.82 Å². The Kier molecular flexibility index (Phi) is 6.84. The van der Waals surface area contributed by atoms with Gasteiger partial charge in [-0.05, 0) is 17.7 Å². The fourth-order valence-corrected chi connectivity index (χ4v) is 3.34. The summed E-state index contributed by atoms with van der Waals surface area (Å²) < 4.78 is 13.6. The molecule has 0 aliphatic carbocycles. The van der Waals surface area contributed by atoms with Crippen LogP contribution in [-0.2, 0) is 11.3 Å². The Morgan fingerprint density at radius 2 is 1.86 bits per heavy atom. The lowest BCUT2D eigenvalue weighted by atomic mass is 10.2. The van der Waals surface area contributed by atoms with E-state index >= 15 is 0 Å². The van der Waals surface area contributed by atoms with Gasteiger partial charge in [0.1, 0.15) is 16.8 Å². The predicted molar refractivity (Wildman–Crippen MR) is 111 cm³/mol. The van der Waals surface area contributed by atoms with Gasteiger partial charge >= 0.3 is 0 Å². The normalized spacial score (nSPS) is 10.5. The highest BCUT2D eigenvalue weighted by atomic mass is 35.5. The lowest BCUT2D eigenvalue weighted by Gasteiger charge is -2.19. The number of aromatic nitrogens is 2. The van der Waals surface area contributed by atoms with Crippen LogP contribution < -0.4 is 10.2 Å². The van der Waals surface area contributed by atoms with Crippen molar-refractivity contribution >= 4 is 40.8 Å². The third kappa shape index (κ3) is 5.68. The van der Waals surface area contributed by atoms with Crippen LogP contribution in [0, 0.1) is 5.82 Å². The molecular weight excluding hydrogens is 399 g/mol. The summed E-state index contributed by atoms with van der Waals surface area (Å²) in [6, 6.07) is 17.7. The molecule has 0 saturated heterocycles. The molecule has 0 saturated carbocycles. The summed E-state index contributed by atoms with van der Waals surface area (Å²) in [5, 5.41) is 3.21. The van der Waals surface area contributed by atoms with Gasteiger partial charge in [-0.25, -0.2) is 14.4 Å². The SMILES string of the molecule is CN(Cc1ccccc1)c1cc(Cl)nc(SCC(=O)Nc2ccccc2F)n1. The molecule has 0 fully saturated rings. The number of para-hydroxylation sites is 1. The number of hydrogen-bond acceptors (Lipinski definition) is 5. The van der Waals surface area contributed by atoms with Gasteiger partial charge in [-0.1, -0.05) is 65.8 Å². The van der Waals surface area contributed by atoms with Crippen LogP contribution in [0.4, 0.5) is 15.9 Å². The van der Waals surface area contributed by atoms with E-state index in [1.807, 2.05) is 42.3 Å². The zero-order chi connectivity index (χ0) is 19.9. The van der Waals surface area contributed by atoms with Crippen molar-refractivity contribution in [2.75, 3.05) is 23.0 Å². The van der Waals surface area contributed by atoms with Crippen LogP contribution in [0.5, 0.6) is 0 Å². The minimum absolute atomic E-state index is 0.0382. The number of anilines is 2. The number of halogens is 2. The number of nitrogens with one attached hydrogen (secondary N) is 1. The van der Waals surface area contributed by atoms with Gasteiger partial charge in [0.15, 0.2) is 5.16 Å². The first kappa shape index (κ1) is 20.1. The van der Waals surface area contributed by atoms with Crippen molar-refractivity contribution in [2.45, 2.75) is 11.7 Å². The second-order valence-electron chi connectivity index (χ2n) is 5.99. The Balaban J connectivity index is 1.63. The molecule has 0 aliphatic heterocycles. The Hall–Kier alpha value is -2.64. The van der Waals surface area contributed by atoms with Crippen molar-refractivity contribution in [3.8, 4) is 0 Å². The second kappa shape index (κ2) is 9.52. The molecule has 1 N–H and O–H groups in total. The smallest absolute Gasteiger partial charge is 0.234 e. The van der Waals surface area contributed by atoms with Gasteiger partial charge in [0, 0.05) is 19.7 Å². The zero-order valence-corrected chi connectivity index (χ0v) is 16.7. The number of carbonyl (C=O) groups excluding carboxylic acids is 1. The molecular formula is C20H18ClFN4OS. The summed E-state index contributed by atoms with van der Waals surface area (Å²) in [4.78, 5) is 22.7. The van der Waals surface area contributed by atoms with E-state index in [-0.39, 0.29) is 17.3 Å². The van der Waals surface area contributed by atoms with E-state index in [9.17, 15) is 9.18 Å². The molecule has 144 valence electrons. The number of amides is 1. The fourth-order valence-electron chi connectivity index (χ4n) is 2.46. The molecule has 2 aromatic carbocycles. The van der Waals surface area contributed by atoms with Crippen molar-refractivity contribution in [3.05, 3.63) is 77.2 Å². The molecule has 0 spiro atoms. The summed E-state index contributed by atoms with van der Waals surface area (Å²) >= 11 is 7.26. The number of thioether (sulfide) groups is 1. The van der Waals surface area contributed by atoms with Crippen LogP contribution >= 0.6 is 23.4 Å². The fraction of sp³-hybridized carbons (Fsp3) is 0.150. The number of nitrogens with zero attached hydrogens (tertiary/aromatic N) is 3. The van der Waals surface area contributed by atoms with E-state index in [0.717, 1.165) is 17.3 Å². The molecule has 1 aromatic heterocycles. The number of benzene rings is 2. The predicted octanol–water partition coefficient (Wildman–Crippen LogP) is 4.64. The second-order valence-corrected chi connectivity index (χ2v) is 7.32. The van der Waals surface area contributed by atoms with Gasteiger partial charge < -0.3 is 10.2 Å². The summed E-state index contributed by atoms with van der Waals surface area (Å²) in [7, 11) is 1.91. The van der Waals surface area contributed by atoms with Crippen molar-refractivity contribution in [1.82, 2.24) is 9.97 Å². The van der Waals surface area contributed by atoms with E-state index in [1.165, 1.54) is 12.1 Å². The van der Waals surface area contributed by atoms with Gasteiger partial charge in [0.2, 0.25) is 5.91 Å². The number of carbonyl (C=O) groups is 1. The molecule has 5 nitrogen and oxygen atoms in total. The third-order valence-corrected chi connectivity index (χ3v) is 4.84. The minimum Gasteiger partial charge on any atom is -0.355 e. The molecule has 0 unspecified atom stereocenters. The molecule has 0 aliphatic rings. The Morgan fingerprint density at radius 1 is 1.14 bits per heavy atom. The largest absolute Gasteiger partial charge is 0.355 e. The van der Waals surface area contributed by atoms with Crippen molar-refractivity contribution < 1.29 is 9.18 Å². The Bertz CT molecular complexity index is 958. The van der Waals surface area contributed by atoms with Crippen LogP contribution in [0.15, 0.2) is 65.8 Å². The Morgan fingerprint density at radius 3 is 2.61 bits per heavy atom. The van der Waals surface area contributed by atoms with Crippen LogP contribution in [0.1, 0.15) is 5.56 Å². The average molecular weight is 417 g/mol.